The summed E-state index contributed by atoms with van der Waals surface area (Å²) in [6.07, 6.45) is 4.37. The fraction of sp³-hybridized carbons (Fsp3) is 0.500. The molecule has 2 fully saturated rings. The van der Waals surface area contributed by atoms with Crippen LogP contribution in [0.4, 0.5) is 0 Å². The molecule has 1 aromatic carbocycles. The molecule has 1 aromatic heterocycles. The summed E-state index contributed by atoms with van der Waals surface area (Å²) in [5.41, 5.74) is 11.3. The molecule has 4 nitrogen and oxygen atoms in total. The third kappa shape index (κ3) is 2.80. The van der Waals surface area contributed by atoms with Gasteiger partial charge in [-0.05, 0) is 57.2 Å². The van der Waals surface area contributed by atoms with Gasteiger partial charge < -0.3 is 10.6 Å². The molecule has 4 rings (SSSR count). The number of carbonyl (C=O) groups excluding carboxylic acids is 1. The second-order valence-electron chi connectivity index (χ2n) is 7.50. The van der Waals surface area contributed by atoms with E-state index in [0.29, 0.717) is 12.5 Å². The van der Waals surface area contributed by atoms with Crippen molar-refractivity contribution in [2.75, 3.05) is 13.1 Å². The molecule has 1 amide bonds. The topological polar surface area (TPSA) is 59.2 Å². The van der Waals surface area contributed by atoms with E-state index in [1.807, 2.05) is 11.0 Å². The minimum atomic E-state index is 0.0992. The molecule has 1 saturated heterocycles. The third-order valence-corrected chi connectivity index (χ3v) is 5.24. The standard InChI is InChI=1S/C20H25N3O/c1-12-8-13(2)19-16(9-12)17(10-18(22-19)14-5-6-14)20(24)23-7-3-4-15(21)11-23/h8-10,14-15H,3-7,11,21H2,1-2H3. The van der Waals surface area contributed by atoms with Gasteiger partial charge in [-0.25, -0.2) is 0 Å². The zero-order valence-corrected chi connectivity index (χ0v) is 14.5. The van der Waals surface area contributed by atoms with Gasteiger partial charge in [-0.2, -0.15) is 0 Å². The summed E-state index contributed by atoms with van der Waals surface area (Å²) < 4.78 is 0. The number of hydrogen-bond donors (Lipinski definition) is 1. The Hall–Kier alpha value is -1.94. The normalized spacial score (nSPS) is 21.3. The number of nitrogens with zero attached hydrogens (tertiary/aromatic N) is 2. The van der Waals surface area contributed by atoms with E-state index in [1.165, 1.54) is 18.4 Å². The molecule has 2 aliphatic rings. The van der Waals surface area contributed by atoms with E-state index in [1.54, 1.807) is 0 Å². The number of likely N-dealkylation sites (tertiary alicyclic amines) is 1. The van der Waals surface area contributed by atoms with Crippen LogP contribution in [-0.4, -0.2) is 34.9 Å². The first-order valence-electron chi connectivity index (χ1n) is 8.99. The van der Waals surface area contributed by atoms with E-state index in [-0.39, 0.29) is 11.9 Å². The Labute approximate surface area is 143 Å². The number of carbonyl (C=O) groups is 1. The SMILES string of the molecule is Cc1cc(C)c2nc(C3CC3)cc(C(=O)N3CCCC(N)C3)c2c1. The quantitative estimate of drug-likeness (QED) is 0.922. The Kier molecular flexibility index (Phi) is 3.80. The Morgan fingerprint density at radius 3 is 2.71 bits per heavy atom. The van der Waals surface area contributed by atoms with E-state index in [4.69, 9.17) is 10.7 Å². The summed E-state index contributed by atoms with van der Waals surface area (Å²) in [4.78, 5) is 20.0. The fourth-order valence-electron chi connectivity index (χ4n) is 3.83. The molecule has 24 heavy (non-hydrogen) atoms. The van der Waals surface area contributed by atoms with Gasteiger partial charge in [0.1, 0.15) is 0 Å². The number of benzene rings is 1. The van der Waals surface area contributed by atoms with Gasteiger partial charge in [0.05, 0.1) is 11.1 Å². The van der Waals surface area contributed by atoms with Crippen molar-refractivity contribution in [2.45, 2.75) is 51.5 Å². The van der Waals surface area contributed by atoms with Crippen molar-refractivity contribution in [3.8, 4) is 0 Å². The molecule has 1 aliphatic heterocycles. The average Bonchev–Trinajstić information content (AvgIpc) is 3.38. The van der Waals surface area contributed by atoms with Crippen LogP contribution in [0.5, 0.6) is 0 Å². The fourth-order valence-corrected chi connectivity index (χ4v) is 3.83. The first-order valence-corrected chi connectivity index (χ1v) is 8.99. The van der Waals surface area contributed by atoms with E-state index >= 15 is 0 Å². The molecule has 2 N–H and O–H groups in total. The first kappa shape index (κ1) is 15.6. The van der Waals surface area contributed by atoms with Crippen LogP contribution in [0, 0.1) is 13.8 Å². The van der Waals surface area contributed by atoms with Gasteiger partial charge in [0.2, 0.25) is 0 Å². The summed E-state index contributed by atoms with van der Waals surface area (Å²) in [6, 6.07) is 6.39. The molecular weight excluding hydrogens is 298 g/mol. The smallest absolute Gasteiger partial charge is 0.254 e. The molecule has 1 saturated carbocycles. The molecule has 2 heterocycles. The largest absolute Gasteiger partial charge is 0.337 e. The molecule has 0 spiro atoms. The third-order valence-electron chi connectivity index (χ3n) is 5.24. The summed E-state index contributed by atoms with van der Waals surface area (Å²) in [5, 5.41) is 0.987. The maximum atomic E-state index is 13.2. The lowest BCUT2D eigenvalue weighted by Gasteiger charge is -2.31. The van der Waals surface area contributed by atoms with Crippen LogP contribution in [0.25, 0.3) is 10.9 Å². The highest BCUT2D eigenvalue weighted by molar-refractivity contribution is 6.07. The molecule has 1 unspecified atom stereocenters. The van der Waals surface area contributed by atoms with Crippen LogP contribution in [0.15, 0.2) is 18.2 Å². The molecule has 126 valence electrons. The second-order valence-corrected chi connectivity index (χ2v) is 7.50. The number of rotatable bonds is 2. The van der Waals surface area contributed by atoms with Crippen LogP contribution in [0.1, 0.15) is 58.8 Å². The summed E-state index contributed by atoms with van der Waals surface area (Å²) >= 11 is 0. The second kappa shape index (κ2) is 5.85. The summed E-state index contributed by atoms with van der Waals surface area (Å²) in [6.45, 7) is 5.63. The molecule has 1 aliphatic carbocycles. The minimum Gasteiger partial charge on any atom is -0.337 e. The number of amides is 1. The van der Waals surface area contributed by atoms with E-state index < -0.39 is 0 Å². The van der Waals surface area contributed by atoms with Crippen LogP contribution in [0.3, 0.4) is 0 Å². The van der Waals surface area contributed by atoms with Crippen LogP contribution >= 0.6 is 0 Å². The molecule has 1 atom stereocenters. The zero-order chi connectivity index (χ0) is 16.8. The maximum absolute atomic E-state index is 13.2. The van der Waals surface area contributed by atoms with Crippen molar-refractivity contribution in [3.63, 3.8) is 0 Å². The van der Waals surface area contributed by atoms with Crippen LogP contribution < -0.4 is 5.73 Å². The first-order chi connectivity index (χ1) is 11.5. The van der Waals surface area contributed by atoms with Crippen molar-refractivity contribution in [1.29, 1.82) is 0 Å². The lowest BCUT2D eigenvalue weighted by Crippen LogP contribution is -2.45. The number of pyridine rings is 1. The van der Waals surface area contributed by atoms with Crippen molar-refractivity contribution in [3.05, 3.63) is 40.6 Å². The molecule has 0 radical (unpaired) electrons. The number of fused-ring (bicyclic) bond motifs is 1. The lowest BCUT2D eigenvalue weighted by atomic mass is 9.98. The van der Waals surface area contributed by atoms with Gasteiger partial charge in [-0.15, -0.1) is 0 Å². The zero-order valence-electron chi connectivity index (χ0n) is 14.5. The summed E-state index contributed by atoms with van der Waals surface area (Å²) in [7, 11) is 0. The highest BCUT2D eigenvalue weighted by atomic mass is 16.2. The average molecular weight is 323 g/mol. The number of aromatic nitrogens is 1. The van der Waals surface area contributed by atoms with Crippen LogP contribution in [-0.2, 0) is 0 Å². The Morgan fingerprint density at radius 2 is 2.00 bits per heavy atom. The summed E-state index contributed by atoms with van der Waals surface area (Å²) in [5.74, 6) is 0.648. The number of piperidine rings is 1. The van der Waals surface area contributed by atoms with Gasteiger partial charge >= 0.3 is 0 Å². The number of aryl methyl sites for hydroxylation is 2. The van der Waals surface area contributed by atoms with Crippen molar-refractivity contribution in [1.82, 2.24) is 9.88 Å². The number of nitrogens with two attached hydrogens (primary N) is 1. The Morgan fingerprint density at radius 1 is 1.21 bits per heavy atom. The molecular formula is C20H25N3O. The monoisotopic (exact) mass is 323 g/mol. The van der Waals surface area contributed by atoms with Crippen molar-refractivity contribution < 1.29 is 4.79 Å². The van der Waals surface area contributed by atoms with Crippen LogP contribution in [0.2, 0.25) is 0 Å². The van der Waals surface area contributed by atoms with E-state index in [0.717, 1.165) is 47.1 Å². The van der Waals surface area contributed by atoms with Gasteiger partial charge in [-0.3, -0.25) is 9.78 Å². The van der Waals surface area contributed by atoms with Crippen molar-refractivity contribution >= 4 is 16.8 Å². The predicted molar refractivity (Wildman–Crippen MR) is 96.3 cm³/mol. The molecule has 0 bridgehead atoms. The van der Waals surface area contributed by atoms with Crippen molar-refractivity contribution in [2.24, 2.45) is 5.73 Å². The highest BCUT2D eigenvalue weighted by Gasteiger charge is 2.29. The van der Waals surface area contributed by atoms with Gasteiger partial charge in [0, 0.05) is 36.1 Å². The number of hydrogen-bond acceptors (Lipinski definition) is 3. The van der Waals surface area contributed by atoms with Gasteiger partial charge in [-0.1, -0.05) is 11.6 Å². The Bertz CT molecular complexity index is 810. The Balaban J connectivity index is 1.84. The minimum absolute atomic E-state index is 0.0992. The molecule has 4 heteroatoms. The maximum Gasteiger partial charge on any atom is 0.254 e. The lowest BCUT2D eigenvalue weighted by molar-refractivity contribution is 0.0710. The highest BCUT2D eigenvalue weighted by Crippen LogP contribution is 2.40. The predicted octanol–water partition coefficient (Wildman–Crippen LogP) is 3.29. The van der Waals surface area contributed by atoms with E-state index in [2.05, 4.69) is 26.0 Å². The molecule has 2 aromatic rings. The van der Waals surface area contributed by atoms with Gasteiger partial charge in [0.25, 0.3) is 5.91 Å². The van der Waals surface area contributed by atoms with Gasteiger partial charge in [0.15, 0.2) is 0 Å². The van der Waals surface area contributed by atoms with E-state index in [9.17, 15) is 4.79 Å².